The van der Waals surface area contributed by atoms with Gasteiger partial charge < -0.3 is 4.74 Å². The maximum atomic E-state index is 5.23. The third-order valence-electron chi connectivity index (χ3n) is 3.87. The van der Waals surface area contributed by atoms with Gasteiger partial charge in [0.1, 0.15) is 11.6 Å². The zero-order valence-electron chi connectivity index (χ0n) is 13.4. The van der Waals surface area contributed by atoms with Crippen LogP contribution >= 0.6 is 0 Å². The van der Waals surface area contributed by atoms with E-state index in [1.54, 1.807) is 7.11 Å². The summed E-state index contributed by atoms with van der Waals surface area (Å²) in [5.41, 5.74) is 6.07. The molecule has 0 N–H and O–H groups in total. The number of aromatic nitrogens is 2. The van der Waals surface area contributed by atoms with Crippen LogP contribution in [0.1, 0.15) is 16.7 Å². The minimum absolute atomic E-state index is 0.851. The zero-order valence-corrected chi connectivity index (χ0v) is 13.4. The predicted octanol–water partition coefficient (Wildman–Crippen LogP) is 4.47. The van der Waals surface area contributed by atoms with Gasteiger partial charge in [-0.15, -0.1) is 0 Å². The van der Waals surface area contributed by atoms with Crippen molar-refractivity contribution in [1.29, 1.82) is 0 Å². The number of rotatable bonds is 3. The molecule has 3 rings (SSSR count). The van der Waals surface area contributed by atoms with Crippen molar-refractivity contribution in [1.82, 2.24) is 9.55 Å². The Kier molecular flexibility index (Phi) is 3.72. The Morgan fingerprint density at radius 3 is 2.18 bits per heavy atom. The smallest absolute Gasteiger partial charge is 0.144 e. The Morgan fingerprint density at radius 2 is 1.59 bits per heavy atom. The lowest BCUT2D eigenvalue weighted by Crippen LogP contribution is -2.02. The van der Waals surface area contributed by atoms with Crippen molar-refractivity contribution in [3.8, 4) is 22.8 Å². The fourth-order valence-electron chi connectivity index (χ4n) is 2.99. The molecule has 3 aromatic rings. The fraction of sp³-hybridized carbons (Fsp3) is 0.211. The van der Waals surface area contributed by atoms with E-state index in [9.17, 15) is 0 Å². The first-order valence-corrected chi connectivity index (χ1v) is 7.36. The van der Waals surface area contributed by atoms with Gasteiger partial charge in [-0.1, -0.05) is 17.7 Å². The molecule has 0 atom stereocenters. The van der Waals surface area contributed by atoms with E-state index in [-0.39, 0.29) is 0 Å². The van der Waals surface area contributed by atoms with Crippen molar-refractivity contribution in [2.75, 3.05) is 7.11 Å². The maximum Gasteiger partial charge on any atom is 0.144 e. The number of methoxy groups -OCH3 is 1. The number of aryl methyl sites for hydroxylation is 3. The number of hydrogen-bond donors (Lipinski definition) is 0. The van der Waals surface area contributed by atoms with Gasteiger partial charge in [-0.25, -0.2) is 4.98 Å². The Labute approximate surface area is 131 Å². The number of imidazole rings is 1. The van der Waals surface area contributed by atoms with Gasteiger partial charge in [0.15, 0.2) is 0 Å². The summed E-state index contributed by atoms with van der Waals surface area (Å²) in [6.07, 6.45) is 3.86. The molecule has 0 unspecified atom stereocenters. The zero-order chi connectivity index (χ0) is 15.7. The van der Waals surface area contributed by atoms with Crippen molar-refractivity contribution in [3.63, 3.8) is 0 Å². The molecule has 0 aliphatic carbocycles. The van der Waals surface area contributed by atoms with Crippen LogP contribution in [-0.2, 0) is 0 Å². The lowest BCUT2D eigenvalue weighted by molar-refractivity contribution is 0.415. The summed E-state index contributed by atoms with van der Waals surface area (Å²) in [7, 11) is 1.68. The van der Waals surface area contributed by atoms with Crippen LogP contribution in [0.4, 0.5) is 0 Å². The molecule has 0 saturated heterocycles. The molecule has 1 heterocycles. The first-order valence-electron chi connectivity index (χ1n) is 7.36. The molecular weight excluding hydrogens is 272 g/mol. The highest BCUT2D eigenvalue weighted by molar-refractivity contribution is 5.62. The predicted molar refractivity (Wildman–Crippen MR) is 89.8 cm³/mol. The molecule has 0 saturated carbocycles. The molecule has 22 heavy (non-hydrogen) atoms. The standard InChI is InChI=1S/C19H20N2O/c1-13-11-14(2)18(15(3)12-13)21-10-9-20-19(21)16-5-7-17(22-4)8-6-16/h5-12H,1-4H3. The maximum absolute atomic E-state index is 5.23. The monoisotopic (exact) mass is 292 g/mol. The molecule has 0 aliphatic rings. The van der Waals surface area contributed by atoms with Gasteiger partial charge in [-0.3, -0.25) is 4.57 Å². The van der Waals surface area contributed by atoms with Gasteiger partial charge >= 0.3 is 0 Å². The molecule has 1 aromatic heterocycles. The Hall–Kier alpha value is -2.55. The molecule has 2 aromatic carbocycles. The van der Waals surface area contributed by atoms with Crippen LogP contribution in [0.25, 0.3) is 17.1 Å². The molecule has 0 fully saturated rings. The third kappa shape index (κ3) is 2.50. The lowest BCUT2D eigenvalue weighted by atomic mass is 10.0. The number of nitrogens with zero attached hydrogens (tertiary/aromatic N) is 2. The molecule has 3 heteroatoms. The van der Waals surface area contributed by atoms with E-state index in [1.165, 1.54) is 22.4 Å². The van der Waals surface area contributed by atoms with Gasteiger partial charge in [0.05, 0.1) is 12.8 Å². The summed E-state index contributed by atoms with van der Waals surface area (Å²) in [6, 6.07) is 12.4. The molecule has 112 valence electrons. The summed E-state index contributed by atoms with van der Waals surface area (Å²) in [5, 5.41) is 0. The van der Waals surface area contributed by atoms with Crippen molar-refractivity contribution >= 4 is 0 Å². The lowest BCUT2D eigenvalue weighted by Gasteiger charge is -2.15. The molecule has 3 nitrogen and oxygen atoms in total. The first-order chi connectivity index (χ1) is 10.6. The van der Waals surface area contributed by atoms with Crippen molar-refractivity contribution < 1.29 is 4.74 Å². The summed E-state index contributed by atoms with van der Waals surface area (Å²) in [4.78, 5) is 4.55. The first kappa shape index (κ1) is 14.4. The molecule has 0 amide bonds. The summed E-state index contributed by atoms with van der Waals surface area (Å²) < 4.78 is 7.38. The van der Waals surface area contributed by atoms with Gasteiger partial charge in [-0.05, 0) is 56.2 Å². The van der Waals surface area contributed by atoms with E-state index in [2.05, 4.69) is 42.5 Å². The van der Waals surface area contributed by atoms with Crippen LogP contribution in [0.3, 0.4) is 0 Å². The SMILES string of the molecule is COc1ccc(-c2nccn2-c2c(C)cc(C)cc2C)cc1. The molecule has 0 aliphatic heterocycles. The Balaban J connectivity index is 2.13. The van der Waals surface area contributed by atoms with Crippen LogP contribution in [0.5, 0.6) is 5.75 Å². The quantitative estimate of drug-likeness (QED) is 0.712. The van der Waals surface area contributed by atoms with Crippen LogP contribution in [0.15, 0.2) is 48.8 Å². The molecule has 0 spiro atoms. The third-order valence-corrected chi connectivity index (χ3v) is 3.87. The average Bonchev–Trinajstić information content (AvgIpc) is 2.95. The van der Waals surface area contributed by atoms with Gasteiger partial charge in [0.2, 0.25) is 0 Å². The second-order valence-corrected chi connectivity index (χ2v) is 5.60. The van der Waals surface area contributed by atoms with Gasteiger partial charge in [0, 0.05) is 18.0 Å². The minimum Gasteiger partial charge on any atom is -0.497 e. The van der Waals surface area contributed by atoms with Crippen LogP contribution in [0.2, 0.25) is 0 Å². The Morgan fingerprint density at radius 1 is 0.955 bits per heavy atom. The highest BCUT2D eigenvalue weighted by Crippen LogP contribution is 2.27. The van der Waals surface area contributed by atoms with Gasteiger partial charge in [0.25, 0.3) is 0 Å². The van der Waals surface area contributed by atoms with Crippen LogP contribution in [0, 0.1) is 20.8 Å². The fourth-order valence-corrected chi connectivity index (χ4v) is 2.99. The average molecular weight is 292 g/mol. The second-order valence-electron chi connectivity index (χ2n) is 5.60. The largest absolute Gasteiger partial charge is 0.497 e. The highest BCUT2D eigenvalue weighted by atomic mass is 16.5. The van der Waals surface area contributed by atoms with E-state index in [4.69, 9.17) is 4.74 Å². The number of benzene rings is 2. The minimum atomic E-state index is 0.851. The van der Waals surface area contributed by atoms with Crippen molar-refractivity contribution in [2.24, 2.45) is 0 Å². The van der Waals surface area contributed by atoms with E-state index in [0.717, 1.165) is 17.1 Å². The summed E-state index contributed by atoms with van der Waals surface area (Å²) >= 11 is 0. The van der Waals surface area contributed by atoms with Crippen molar-refractivity contribution in [2.45, 2.75) is 20.8 Å². The molecule has 0 radical (unpaired) electrons. The molecular formula is C19H20N2O. The highest BCUT2D eigenvalue weighted by Gasteiger charge is 2.12. The van der Waals surface area contributed by atoms with Gasteiger partial charge in [-0.2, -0.15) is 0 Å². The second kappa shape index (κ2) is 5.68. The Bertz CT molecular complexity index is 778. The van der Waals surface area contributed by atoms with E-state index in [0.29, 0.717) is 0 Å². The van der Waals surface area contributed by atoms with Crippen LogP contribution < -0.4 is 4.74 Å². The summed E-state index contributed by atoms with van der Waals surface area (Å²) in [5.74, 6) is 1.79. The van der Waals surface area contributed by atoms with E-state index < -0.39 is 0 Å². The van der Waals surface area contributed by atoms with Crippen LogP contribution in [-0.4, -0.2) is 16.7 Å². The normalized spacial score (nSPS) is 10.7. The van der Waals surface area contributed by atoms with E-state index >= 15 is 0 Å². The summed E-state index contributed by atoms with van der Waals surface area (Å²) in [6.45, 7) is 6.42. The van der Waals surface area contributed by atoms with Crippen molar-refractivity contribution in [3.05, 3.63) is 65.5 Å². The number of ether oxygens (including phenoxy) is 1. The van der Waals surface area contributed by atoms with E-state index in [1.807, 2.05) is 36.7 Å². The molecule has 0 bridgehead atoms. The number of hydrogen-bond acceptors (Lipinski definition) is 2. The topological polar surface area (TPSA) is 27.1 Å².